The SMILES string of the molecule is CC(C)(C)OC(=O)C(O)(CN)c1cccc(O)c1. The van der Waals surface area contributed by atoms with Crippen molar-refractivity contribution in [2.24, 2.45) is 5.73 Å². The van der Waals surface area contributed by atoms with Crippen LogP contribution in [-0.4, -0.2) is 28.3 Å². The molecule has 1 aromatic carbocycles. The number of carbonyl (C=O) groups excluding carboxylic acids is 1. The van der Waals surface area contributed by atoms with E-state index in [0.717, 1.165) is 0 Å². The molecule has 5 heteroatoms. The van der Waals surface area contributed by atoms with Crippen LogP contribution in [0.5, 0.6) is 5.75 Å². The van der Waals surface area contributed by atoms with Crippen molar-refractivity contribution in [2.75, 3.05) is 6.54 Å². The molecule has 0 saturated carbocycles. The first-order chi connectivity index (χ1) is 8.19. The predicted octanol–water partition coefficient (Wildman–Crippen LogP) is 0.880. The molecule has 0 radical (unpaired) electrons. The van der Waals surface area contributed by atoms with Crippen LogP contribution in [0.3, 0.4) is 0 Å². The number of carbonyl (C=O) groups is 1. The molecular weight excluding hydrogens is 234 g/mol. The maximum atomic E-state index is 12.0. The Kier molecular flexibility index (Phi) is 3.98. The molecule has 1 unspecified atom stereocenters. The van der Waals surface area contributed by atoms with Gasteiger partial charge in [0.05, 0.1) is 0 Å². The zero-order valence-corrected chi connectivity index (χ0v) is 10.8. The average Bonchev–Trinajstić information content (AvgIpc) is 2.25. The van der Waals surface area contributed by atoms with Crippen LogP contribution in [0.15, 0.2) is 24.3 Å². The van der Waals surface area contributed by atoms with Crippen molar-refractivity contribution < 1.29 is 19.7 Å². The van der Waals surface area contributed by atoms with Gasteiger partial charge >= 0.3 is 5.97 Å². The van der Waals surface area contributed by atoms with Gasteiger partial charge in [-0.1, -0.05) is 12.1 Å². The molecule has 5 nitrogen and oxygen atoms in total. The first kappa shape index (κ1) is 14.5. The number of hydrogen-bond acceptors (Lipinski definition) is 5. The molecule has 4 N–H and O–H groups in total. The fraction of sp³-hybridized carbons (Fsp3) is 0.462. The zero-order chi connectivity index (χ0) is 14.0. The van der Waals surface area contributed by atoms with Gasteiger partial charge in [0.2, 0.25) is 0 Å². The molecule has 0 aromatic heterocycles. The Morgan fingerprint density at radius 1 is 1.39 bits per heavy atom. The van der Waals surface area contributed by atoms with E-state index in [1.807, 2.05) is 0 Å². The summed E-state index contributed by atoms with van der Waals surface area (Å²) in [5.74, 6) is -0.883. The molecule has 0 aliphatic heterocycles. The molecule has 0 saturated heterocycles. The van der Waals surface area contributed by atoms with Crippen molar-refractivity contribution in [3.63, 3.8) is 0 Å². The smallest absolute Gasteiger partial charge is 0.344 e. The van der Waals surface area contributed by atoms with Crippen molar-refractivity contribution in [3.8, 4) is 5.75 Å². The third-order valence-corrected chi connectivity index (χ3v) is 2.36. The standard InChI is InChI=1S/C13H19NO4/c1-12(2,3)18-11(16)13(17,8-14)9-5-4-6-10(15)7-9/h4-7,15,17H,8,14H2,1-3H3. The quantitative estimate of drug-likeness (QED) is 0.695. The second-order valence-electron chi connectivity index (χ2n) is 5.12. The van der Waals surface area contributed by atoms with E-state index in [9.17, 15) is 15.0 Å². The van der Waals surface area contributed by atoms with Crippen LogP contribution >= 0.6 is 0 Å². The molecule has 0 spiro atoms. The molecule has 0 amide bonds. The monoisotopic (exact) mass is 253 g/mol. The number of esters is 1. The molecule has 1 rings (SSSR count). The summed E-state index contributed by atoms with van der Waals surface area (Å²) in [6, 6.07) is 5.76. The summed E-state index contributed by atoms with van der Waals surface area (Å²) in [4.78, 5) is 12.0. The lowest BCUT2D eigenvalue weighted by Crippen LogP contribution is -2.46. The van der Waals surface area contributed by atoms with Gasteiger partial charge in [0.1, 0.15) is 11.4 Å². The summed E-state index contributed by atoms with van der Waals surface area (Å²) < 4.78 is 5.14. The van der Waals surface area contributed by atoms with Crippen LogP contribution in [0.2, 0.25) is 0 Å². The van der Waals surface area contributed by atoms with Gasteiger partial charge in [-0.15, -0.1) is 0 Å². The molecule has 0 fully saturated rings. The van der Waals surface area contributed by atoms with Gasteiger partial charge in [-0.2, -0.15) is 0 Å². The largest absolute Gasteiger partial charge is 0.508 e. The summed E-state index contributed by atoms with van der Waals surface area (Å²) in [6.45, 7) is 4.77. The number of nitrogens with two attached hydrogens (primary N) is 1. The minimum Gasteiger partial charge on any atom is -0.508 e. The van der Waals surface area contributed by atoms with Crippen LogP contribution in [-0.2, 0) is 15.1 Å². The van der Waals surface area contributed by atoms with Crippen LogP contribution in [0.1, 0.15) is 26.3 Å². The van der Waals surface area contributed by atoms with Crippen LogP contribution in [0.25, 0.3) is 0 Å². The van der Waals surface area contributed by atoms with Gasteiger partial charge in [0.25, 0.3) is 0 Å². The second-order valence-corrected chi connectivity index (χ2v) is 5.12. The van der Waals surface area contributed by atoms with Crippen molar-refractivity contribution in [2.45, 2.75) is 32.0 Å². The van der Waals surface area contributed by atoms with Crippen molar-refractivity contribution in [1.82, 2.24) is 0 Å². The summed E-state index contributed by atoms with van der Waals surface area (Å²) >= 11 is 0. The summed E-state index contributed by atoms with van der Waals surface area (Å²) in [6.07, 6.45) is 0. The van der Waals surface area contributed by atoms with E-state index in [4.69, 9.17) is 10.5 Å². The highest BCUT2D eigenvalue weighted by Gasteiger charge is 2.40. The van der Waals surface area contributed by atoms with Crippen molar-refractivity contribution >= 4 is 5.97 Å². The van der Waals surface area contributed by atoms with E-state index < -0.39 is 17.2 Å². The van der Waals surface area contributed by atoms with E-state index in [-0.39, 0.29) is 17.9 Å². The molecule has 1 atom stereocenters. The van der Waals surface area contributed by atoms with E-state index in [1.165, 1.54) is 24.3 Å². The Balaban J connectivity index is 3.09. The van der Waals surface area contributed by atoms with E-state index in [2.05, 4.69) is 0 Å². The molecule has 18 heavy (non-hydrogen) atoms. The number of aliphatic hydroxyl groups is 1. The van der Waals surface area contributed by atoms with Gasteiger partial charge in [-0.3, -0.25) is 0 Å². The normalized spacial score (nSPS) is 14.9. The lowest BCUT2D eigenvalue weighted by atomic mass is 9.93. The lowest BCUT2D eigenvalue weighted by molar-refractivity contribution is -0.177. The number of phenols is 1. The third kappa shape index (κ3) is 3.21. The Bertz CT molecular complexity index is 439. The van der Waals surface area contributed by atoms with Crippen molar-refractivity contribution in [1.29, 1.82) is 0 Å². The highest BCUT2D eigenvalue weighted by atomic mass is 16.6. The summed E-state index contributed by atoms with van der Waals surface area (Å²) in [5, 5.41) is 19.7. The molecular formula is C13H19NO4. The maximum Gasteiger partial charge on any atom is 0.344 e. The molecule has 0 bridgehead atoms. The van der Waals surface area contributed by atoms with Crippen LogP contribution < -0.4 is 5.73 Å². The number of aromatic hydroxyl groups is 1. The van der Waals surface area contributed by atoms with E-state index in [0.29, 0.717) is 0 Å². The minimum absolute atomic E-state index is 0.0528. The number of ether oxygens (including phenoxy) is 1. The average molecular weight is 253 g/mol. The Labute approximate surface area is 106 Å². The van der Waals surface area contributed by atoms with E-state index >= 15 is 0 Å². The highest BCUT2D eigenvalue weighted by Crippen LogP contribution is 2.26. The van der Waals surface area contributed by atoms with Crippen molar-refractivity contribution in [3.05, 3.63) is 29.8 Å². The number of phenolic OH excluding ortho intramolecular Hbond substituents is 1. The van der Waals surface area contributed by atoms with Crippen LogP contribution in [0.4, 0.5) is 0 Å². The van der Waals surface area contributed by atoms with Crippen LogP contribution in [0, 0.1) is 0 Å². The van der Waals surface area contributed by atoms with Gasteiger partial charge in [0, 0.05) is 6.54 Å². The number of benzene rings is 1. The summed E-state index contributed by atoms with van der Waals surface area (Å²) in [5.41, 5.74) is 3.01. The second kappa shape index (κ2) is 4.96. The highest BCUT2D eigenvalue weighted by molar-refractivity contribution is 5.82. The first-order valence-electron chi connectivity index (χ1n) is 5.64. The minimum atomic E-state index is -1.95. The zero-order valence-electron chi connectivity index (χ0n) is 10.8. The maximum absolute atomic E-state index is 12.0. The molecule has 0 aliphatic rings. The third-order valence-electron chi connectivity index (χ3n) is 2.36. The molecule has 1 aromatic rings. The number of rotatable bonds is 3. The fourth-order valence-corrected chi connectivity index (χ4v) is 1.44. The van der Waals surface area contributed by atoms with Gasteiger partial charge in [-0.25, -0.2) is 4.79 Å². The lowest BCUT2D eigenvalue weighted by Gasteiger charge is -2.29. The Morgan fingerprint density at radius 2 is 2.00 bits per heavy atom. The predicted molar refractivity (Wildman–Crippen MR) is 66.9 cm³/mol. The Morgan fingerprint density at radius 3 is 2.44 bits per heavy atom. The molecule has 0 heterocycles. The molecule has 100 valence electrons. The van der Waals surface area contributed by atoms with Gasteiger partial charge < -0.3 is 20.7 Å². The Hall–Kier alpha value is -1.59. The fourth-order valence-electron chi connectivity index (χ4n) is 1.44. The van der Waals surface area contributed by atoms with Gasteiger partial charge in [0.15, 0.2) is 5.60 Å². The molecule has 0 aliphatic carbocycles. The first-order valence-corrected chi connectivity index (χ1v) is 5.64. The number of hydrogen-bond donors (Lipinski definition) is 3. The summed E-state index contributed by atoms with van der Waals surface area (Å²) in [7, 11) is 0. The van der Waals surface area contributed by atoms with Gasteiger partial charge in [-0.05, 0) is 38.5 Å². The van der Waals surface area contributed by atoms with E-state index in [1.54, 1.807) is 20.8 Å². The topological polar surface area (TPSA) is 92.8 Å².